The van der Waals surface area contributed by atoms with Crippen LogP contribution in [0, 0.1) is 5.82 Å². The van der Waals surface area contributed by atoms with Crippen molar-refractivity contribution in [2.45, 2.75) is 30.5 Å². The zero-order valence-corrected chi connectivity index (χ0v) is 23.2. The first-order valence-electron chi connectivity index (χ1n) is 12.5. The van der Waals surface area contributed by atoms with Gasteiger partial charge in [-0.05, 0) is 42.3 Å². The quantitative estimate of drug-likeness (QED) is 0.124. The molecule has 0 aliphatic carbocycles. The molecule has 5 rings (SSSR count). The highest BCUT2D eigenvalue weighted by molar-refractivity contribution is 7.98. The van der Waals surface area contributed by atoms with Crippen molar-refractivity contribution in [3.63, 3.8) is 0 Å². The molecule has 1 unspecified atom stereocenters. The number of aromatic nitrogens is 3. The summed E-state index contributed by atoms with van der Waals surface area (Å²) in [4.78, 5) is 17.8. The number of carbonyl (C=O) groups excluding carboxylic acids is 1. The van der Waals surface area contributed by atoms with Crippen molar-refractivity contribution in [3.8, 4) is 5.75 Å². The highest BCUT2D eigenvalue weighted by Crippen LogP contribution is 2.38. The molecular formula is C30H26ClFN4O3S. The van der Waals surface area contributed by atoms with Gasteiger partial charge in [0.1, 0.15) is 30.8 Å². The monoisotopic (exact) mass is 576 g/mol. The Balaban J connectivity index is 1.47. The fourth-order valence-corrected chi connectivity index (χ4v) is 5.29. The molecule has 3 aromatic carbocycles. The lowest BCUT2D eigenvalue weighted by molar-refractivity contribution is -0.138. The molecule has 0 saturated heterocycles. The normalized spacial score (nSPS) is 14.3. The summed E-state index contributed by atoms with van der Waals surface area (Å²) in [6.07, 6.45) is 1.51. The Morgan fingerprint density at radius 1 is 1.15 bits per heavy atom. The zero-order chi connectivity index (χ0) is 28.1. The van der Waals surface area contributed by atoms with Crippen LogP contribution in [0.2, 0.25) is 5.02 Å². The van der Waals surface area contributed by atoms with Crippen LogP contribution in [0.5, 0.6) is 5.75 Å². The number of halogens is 2. The van der Waals surface area contributed by atoms with Crippen LogP contribution >= 0.6 is 23.4 Å². The number of carbonyl (C=O) groups is 1. The molecule has 0 saturated carbocycles. The van der Waals surface area contributed by atoms with Crippen molar-refractivity contribution < 1.29 is 18.7 Å². The Morgan fingerprint density at radius 2 is 1.93 bits per heavy atom. The average Bonchev–Trinajstić information content (AvgIpc) is 3.36. The second kappa shape index (κ2) is 12.4. The molecule has 1 aliphatic rings. The fourth-order valence-electron chi connectivity index (χ4n) is 4.29. The van der Waals surface area contributed by atoms with Crippen LogP contribution in [-0.4, -0.2) is 27.3 Å². The predicted octanol–water partition coefficient (Wildman–Crippen LogP) is 6.96. The van der Waals surface area contributed by atoms with E-state index in [4.69, 9.17) is 26.2 Å². The van der Waals surface area contributed by atoms with E-state index in [0.29, 0.717) is 44.5 Å². The molecule has 1 atom stereocenters. The van der Waals surface area contributed by atoms with Crippen LogP contribution in [0.4, 0.5) is 10.3 Å². The topological polar surface area (TPSA) is 78.3 Å². The van der Waals surface area contributed by atoms with Crippen LogP contribution in [0.25, 0.3) is 0 Å². The summed E-state index contributed by atoms with van der Waals surface area (Å²) in [5.41, 5.74) is 3.13. The Kier molecular flexibility index (Phi) is 8.52. The van der Waals surface area contributed by atoms with Gasteiger partial charge in [-0.2, -0.15) is 4.98 Å². The molecule has 0 bridgehead atoms. The van der Waals surface area contributed by atoms with Gasteiger partial charge in [-0.1, -0.05) is 84.5 Å². The maximum atomic E-state index is 14.2. The maximum absolute atomic E-state index is 14.2. The minimum atomic E-state index is -0.646. The number of nitrogens with one attached hydrogen (secondary N) is 1. The number of fused-ring (bicyclic) bond motifs is 1. The third-order valence-electron chi connectivity index (χ3n) is 6.23. The summed E-state index contributed by atoms with van der Waals surface area (Å²) in [5.74, 6) is 0.629. The molecule has 204 valence electrons. The molecule has 0 fully saturated rings. The number of rotatable bonds is 10. The van der Waals surface area contributed by atoms with Gasteiger partial charge in [0.25, 0.3) is 0 Å². The first kappa shape index (κ1) is 27.5. The Bertz CT molecular complexity index is 1590. The van der Waals surface area contributed by atoms with E-state index in [2.05, 4.69) is 16.9 Å². The third kappa shape index (κ3) is 6.05. The standard InChI is InChI=1S/C30H26ClFN4O3S/c1-3-15-38-28(37)26-19(2)33-29-34-30(40-18-22-10-5-7-14-25(22)32)35-36(29)27(26)20-11-8-12-23(16-20)39-17-21-9-4-6-13-24(21)31/h3-14,16,27H,1,15,17-18H2,2H3,(H,33,34,35). The highest BCUT2D eigenvalue weighted by Gasteiger charge is 2.35. The van der Waals surface area contributed by atoms with Gasteiger partial charge in [0.2, 0.25) is 11.1 Å². The van der Waals surface area contributed by atoms with Crippen molar-refractivity contribution in [2.24, 2.45) is 0 Å². The van der Waals surface area contributed by atoms with Crippen molar-refractivity contribution in [2.75, 3.05) is 11.9 Å². The second-order valence-corrected chi connectivity index (χ2v) is 10.3. The van der Waals surface area contributed by atoms with E-state index >= 15 is 0 Å². The SMILES string of the molecule is C=CCOC(=O)C1=C(C)Nc2nc(SCc3ccccc3F)nn2C1c1cccc(OCc2ccccc2Cl)c1. The van der Waals surface area contributed by atoms with Gasteiger partial charge in [-0.3, -0.25) is 0 Å². The number of hydrogen-bond acceptors (Lipinski definition) is 7. The highest BCUT2D eigenvalue weighted by atomic mass is 35.5. The fraction of sp³-hybridized carbons (Fsp3) is 0.167. The van der Waals surface area contributed by atoms with Gasteiger partial charge in [0.05, 0.1) is 5.57 Å². The molecule has 1 aliphatic heterocycles. The molecular weight excluding hydrogens is 551 g/mol. The molecule has 0 spiro atoms. The minimum absolute atomic E-state index is 0.0667. The summed E-state index contributed by atoms with van der Waals surface area (Å²) in [7, 11) is 0. The van der Waals surface area contributed by atoms with E-state index in [1.807, 2.05) is 48.5 Å². The van der Waals surface area contributed by atoms with E-state index in [0.717, 1.165) is 11.1 Å². The molecule has 4 aromatic rings. The van der Waals surface area contributed by atoms with Crippen molar-refractivity contribution in [1.29, 1.82) is 0 Å². The largest absolute Gasteiger partial charge is 0.489 e. The molecule has 2 heterocycles. The second-order valence-electron chi connectivity index (χ2n) is 8.95. The molecule has 1 aromatic heterocycles. The van der Waals surface area contributed by atoms with E-state index in [1.165, 1.54) is 23.9 Å². The number of anilines is 1. The van der Waals surface area contributed by atoms with Crippen LogP contribution in [-0.2, 0) is 21.9 Å². The first-order valence-corrected chi connectivity index (χ1v) is 13.9. The Hall–Kier alpha value is -4.08. The van der Waals surface area contributed by atoms with E-state index in [9.17, 15) is 9.18 Å². The predicted molar refractivity (Wildman–Crippen MR) is 154 cm³/mol. The molecule has 1 N–H and O–H groups in total. The number of hydrogen-bond donors (Lipinski definition) is 1. The number of nitrogens with zero attached hydrogens (tertiary/aromatic N) is 3. The lowest BCUT2D eigenvalue weighted by Gasteiger charge is -2.28. The van der Waals surface area contributed by atoms with Gasteiger partial charge >= 0.3 is 5.97 Å². The molecule has 0 radical (unpaired) electrons. The smallest absolute Gasteiger partial charge is 0.338 e. The summed E-state index contributed by atoms with van der Waals surface area (Å²) >= 11 is 7.60. The van der Waals surface area contributed by atoms with Crippen LogP contribution in [0.1, 0.15) is 29.7 Å². The summed E-state index contributed by atoms with van der Waals surface area (Å²) < 4.78 is 27.3. The number of allylic oxidation sites excluding steroid dienone is 1. The van der Waals surface area contributed by atoms with Gasteiger partial charge in [0.15, 0.2) is 0 Å². The third-order valence-corrected chi connectivity index (χ3v) is 7.48. The van der Waals surface area contributed by atoms with Crippen molar-refractivity contribution in [3.05, 3.63) is 124 Å². The molecule has 10 heteroatoms. The minimum Gasteiger partial charge on any atom is -0.489 e. The molecule has 7 nitrogen and oxygen atoms in total. The van der Waals surface area contributed by atoms with E-state index in [-0.39, 0.29) is 19.0 Å². The Morgan fingerprint density at radius 3 is 2.70 bits per heavy atom. The number of esters is 1. The molecule has 0 amide bonds. The van der Waals surface area contributed by atoms with Crippen LogP contribution in [0.3, 0.4) is 0 Å². The zero-order valence-electron chi connectivity index (χ0n) is 21.6. The lowest BCUT2D eigenvalue weighted by Crippen LogP contribution is -2.29. The number of ether oxygens (including phenoxy) is 2. The molecule has 40 heavy (non-hydrogen) atoms. The maximum Gasteiger partial charge on any atom is 0.338 e. The van der Waals surface area contributed by atoms with Crippen molar-refractivity contribution >= 4 is 35.3 Å². The van der Waals surface area contributed by atoms with Gasteiger partial charge < -0.3 is 14.8 Å². The summed E-state index contributed by atoms with van der Waals surface area (Å²) in [6, 6.07) is 20.9. The number of benzene rings is 3. The summed E-state index contributed by atoms with van der Waals surface area (Å²) in [5, 5.41) is 8.93. The van der Waals surface area contributed by atoms with Crippen molar-refractivity contribution in [1.82, 2.24) is 14.8 Å². The average molecular weight is 577 g/mol. The first-order chi connectivity index (χ1) is 19.4. The van der Waals surface area contributed by atoms with Crippen LogP contribution in [0.15, 0.2) is 102 Å². The van der Waals surface area contributed by atoms with E-state index in [1.54, 1.807) is 29.8 Å². The van der Waals surface area contributed by atoms with Gasteiger partial charge in [-0.25, -0.2) is 13.9 Å². The van der Waals surface area contributed by atoms with E-state index < -0.39 is 12.0 Å². The Labute approximate surface area is 240 Å². The summed E-state index contributed by atoms with van der Waals surface area (Å²) in [6.45, 7) is 5.78. The van der Waals surface area contributed by atoms with Gasteiger partial charge in [0, 0.05) is 22.0 Å². The van der Waals surface area contributed by atoms with Gasteiger partial charge in [-0.15, -0.1) is 5.10 Å². The van der Waals surface area contributed by atoms with Crippen LogP contribution < -0.4 is 10.1 Å². The lowest BCUT2D eigenvalue weighted by atomic mass is 9.95. The number of thioether (sulfide) groups is 1.